The first-order valence-electron chi connectivity index (χ1n) is 6.58. The molecule has 3 rings (SSSR count). The highest BCUT2D eigenvalue weighted by Crippen LogP contribution is 2.29. The molecule has 4 heteroatoms. The highest BCUT2D eigenvalue weighted by molar-refractivity contribution is 5.85. The Bertz CT molecular complexity index is 722. The predicted octanol–water partition coefficient (Wildman–Crippen LogP) is 3.85. The predicted molar refractivity (Wildman–Crippen MR) is 80.2 cm³/mol. The van der Waals surface area contributed by atoms with E-state index in [9.17, 15) is 0 Å². The molecule has 0 aliphatic rings. The fourth-order valence-electron chi connectivity index (χ4n) is 2.04. The Hall–Kier alpha value is -2.62. The van der Waals surface area contributed by atoms with E-state index in [1.807, 2.05) is 49.4 Å². The van der Waals surface area contributed by atoms with Gasteiger partial charge in [0, 0.05) is 30.4 Å². The molecule has 100 valence electrons. The molecule has 0 spiro atoms. The van der Waals surface area contributed by atoms with E-state index >= 15 is 0 Å². The number of rotatable bonds is 4. The summed E-state index contributed by atoms with van der Waals surface area (Å²) in [7, 11) is 0. The molecule has 0 amide bonds. The smallest absolute Gasteiger partial charge is 0.136 e. The molecule has 0 unspecified atom stereocenters. The molecule has 0 saturated carbocycles. The standard InChI is InChI=1S/C16H15N3O/c1-2-17-16-11-12(8-10-19-16)20-15-7-3-6-14-13(15)5-4-9-18-14/h3-11H,2H2,1H3,(H,17,19). The van der Waals surface area contributed by atoms with E-state index < -0.39 is 0 Å². The number of ether oxygens (including phenoxy) is 1. The summed E-state index contributed by atoms with van der Waals surface area (Å²) < 4.78 is 5.96. The van der Waals surface area contributed by atoms with Gasteiger partial charge in [-0.2, -0.15) is 0 Å². The molecule has 0 atom stereocenters. The van der Waals surface area contributed by atoms with Crippen molar-refractivity contribution in [3.63, 3.8) is 0 Å². The second-order valence-electron chi connectivity index (χ2n) is 4.34. The van der Waals surface area contributed by atoms with E-state index in [1.54, 1.807) is 12.4 Å². The van der Waals surface area contributed by atoms with Gasteiger partial charge in [-0.1, -0.05) is 6.07 Å². The molecule has 20 heavy (non-hydrogen) atoms. The normalized spacial score (nSPS) is 10.4. The highest BCUT2D eigenvalue weighted by Gasteiger charge is 2.04. The minimum atomic E-state index is 0.757. The van der Waals surface area contributed by atoms with E-state index in [4.69, 9.17) is 4.74 Å². The lowest BCUT2D eigenvalue weighted by Crippen LogP contribution is -1.98. The molecule has 0 fully saturated rings. The van der Waals surface area contributed by atoms with Crippen molar-refractivity contribution in [2.24, 2.45) is 0 Å². The van der Waals surface area contributed by atoms with E-state index in [0.29, 0.717) is 0 Å². The van der Waals surface area contributed by atoms with Crippen LogP contribution in [-0.2, 0) is 0 Å². The Kier molecular flexibility index (Phi) is 3.46. The largest absolute Gasteiger partial charge is 0.456 e. The van der Waals surface area contributed by atoms with Crippen LogP contribution in [0.3, 0.4) is 0 Å². The van der Waals surface area contributed by atoms with E-state index in [-0.39, 0.29) is 0 Å². The Morgan fingerprint density at radius 1 is 1.05 bits per heavy atom. The SMILES string of the molecule is CCNc1cc(Oc2cccc3ncccc23)ccn1. The average Bonchev–Trinajstić information content (AvgIpc) is 2.48. The van der Waals surface area contributed by atoms with Crippen LogP contribution in [0.4, 0.5) is 5.82 Å². The Labute approximate surface area is 117 Å². The maximum absolute atomic E-state index is 5.96. The van der Waals surface area contributed by atoms with Gasteiger partial charge in [-0.25, -0.2) is 4.98 Å². The zero-order valence-electron chi connectivity index (χ0n) is 11.2. The number of nitrogens with zero attached hydrogens (tertiary/aromatic N) is 2. The molecule has 2 heterocycles. The molecular formula is C16H15N3O. The van der Waals surface area contributed by atoms with Crippen LogP contribution in [0.25, 0.3) is 10.9 Å². The fraction of sp³-hybridized carbons (Fsp3) is 0.125. The summed E-state index contributed by atoms with van der Waals surface area (Å²) in [6.45, 7) is 2.86. The second-order valence-corrected chi connectivity index (χ2v) is 4.34. The first kappa shape index (κ1) is 12.4. The summed E-state index contributed by atoms with van der Waals surface area (Å²) >= 11 is 0. The van der Waals surface area contributed by atoms with Crippen LogP contribution in [0.15, 0.2) is 54.9 Å². The van der Waals surface area contributed by atoms with Crippen molar-refractivity contribution in [3.05, 3.63) is 54.9 Å². The summed E-state index contributed by atoms with van der Waals surface area (Å²) in [5.74, 6) is 2.36. The third-order valence-corrected chi connectivity index (χ3v) is 2.92. The van der Waals surface area contributed by atoms with Gasteiger partial charge in [0.05, 0.1) is 5.52 Å². The molecule has 0 saturated heterocycles. The van der Waals surface area contributed by atoms with Gasteiger partial charge in [0.2, 0.25) is 0 Å². The fourth-order valence-corrected chi connectivity index (χ4v) is 2.04. The van der Waals surface area contributed by atoms with Crippen molar-refractivity contribution >= 4 is 16.7 Å². The van der Waals surface area contributed by atoms with Crippen LogP contribution >= 0.6 is 0 Å². The zero-order chi connectivity index (χ0) is 13.8. The number of hydrogen-bond donors (Lipinski definition) is 1. The number of anilines is 1. The number of nitrogens with one attached hydrogen (secondary N) is 1. The number of benzene rings is 1. The Morgan fingerprint density at radius 3 is 2.90 bits per heavy atom. The monoisotopic (exact) mass is 265 g/mol. The second kappa shape index (κ2) is 5.57. The molecule has 3 aromatic rings. The molecule has 4 nitrogen and oxygen atoms in total. The van der Waals surface area contributed by atoms with Crippen molar-refractivity contribution < 1.29 is 4.74 Å². The number of fused-ring (bicyclic) bond motifs is 1. The summed E-state index contributed by atoms with van der Waals surface area (Å²) in [5, 5.41) is 4.16. The molecular weight excluding hydrogens is 250 g/mol. The maximum Gasteiger partial charge on any atom is 0.136 e. The van der Waals surface area contributed by atoms with E-state index in [2.05, 4.69) is 15.3 Å². The lowest BCUT2D eigenvalue weighted by molar-refractivity contribution is 0.488. The van der Waals surface area contributed by atoms with Gasteiger partial charge >= 0.3 is 0 Å². The maximum atomic E-state index is 5.96. The summed E-state index contributed by atoms with van der Waals surface area (Å²) in [5.41, 5.74) is 0.922. The van der Waals surface area contributed by atoms with Crippen molar-refractivity contribution in [2.75, 3.05) is 11.9 Å². The van der Waals surface area contributed by atoms with Crippen molar-refractivity contribution in [1.82, 2.24) is 9.97 Å². The van der Waals surface area contributed by atoms with Gasteiger partial charge in [-0.3, -0.25) is 4.98 Å². The average molecular weight is 265 g/mol. The molecule has 1 N–H and O–H groups in total. The van der Waals surface area contributed by atoms with Crippen LogP contribution in [0.2, 0.25) is 0 Å². The molecule has 2 aromatic heterocycles. The number of pyridine rings is 2. The third-order valence-electron chi connectivity index (χ3n) is 2.92. The van der Waals surface area contributed by atoms with Crippen molar-refractivity contribution in [1.29, 1.82) is 0 Å². The Balaban J connectivity index is 1.95. The van der Waals surface area contributed by atoms with Crippen molar-refractivity contribution in [2.45, 2.75) is 6.92 Å². The van der Waals surface area contributed by atoms with E-state index in [1.165, 1.54) is 0 Å². The number of hydrogen-bond acceptors (Lipinski definition) is 4. The molecule has 0 bridgehead atoms. The summed E-state index contributed by atoms with van der Waals surface area (Å²) in [4.78, 5) is 8.56. The molecule has 0 aliphatic carbocycles. The zero-order valence-corrected chi connectivity index (χ0v) is 11.2. The lowest BCUT2D eigenvalue weighted by Gasteiger charge is -2.09. The Morgan fingerprint density at radius 2 is 2.00 bits per heavy atom. The van der Waals surface area contributed by atoms with Gasteiger partial charge in [0.15, 0.2) is 0 Å². The molecule has 1 aromatic carbocycles. The minimum absolute atomic E-state index is 0.757. The van der Waals surface area contributed by atoms with Gasteiger partial charge in [-0.05, 0) is 37.3 Å². The molecule has 0 radical (unpaired) electrons. The van der Waals surface area contributed by atoms with Gasteiger partial charge in [0.25, 0.3) is 0 Å². The molecule has 0 aliphatic heterocycles. The minimum Gasteiger partial charge on any atom is -0.456 e. The number of aromatic nitrogens is 2. The quantitative estimate of drug-likeness (QED) is 0.778. The van der Waals surface area contributed by atoms with E-state index in [0.717, 1.165) is 34.8 Å². The van der Waals surface area contributed by atoms with Crippen LogP contribution in [0.5, 0.6) is 11.5 Å². The van der Waals surface area contributed by atoms with Gasteiger partial charge in [-0.15, -0.1) is 0 Å². The highest BCUT2D eigenvalue weighted by atomic mass is 16.5. The van der Waals surface area contributed by atoms with Crippen LogP contribution < -0.4 is 10.1 Å². The third kappa shape index (κ3) is 2.54. The van der Waals surface area contributed by atoms with Gasteiger partial charge in [0.1, 0.15) is 17.3 Å². The topological polar surface area (TPSA) is 47.0 Å². The van der Waals surface area contributed by atoms with Crippen molar-refractivity contribution in [3.8, 4) is 11.5 Å². The lowest BCUT2D eigenvalue weighted by atomic mass is 10.2. The first-order chi connectivity index (χ1) is 9.86. The summed E-state index contributed by atoms with van der Waals surface area (Å²) in [6, 6.07) is 13.5. The van der Waals surface area contributed by atoms with Crippen LogP contribution in [0.1, 0.15) is 6.92 Å². The summed E-state index contributed by atoms with van der Waals surface area (Å²) in [6.07, 6.45) is 3.51. The first-order valence-corrected chi connectivity index (χ1v) is 6.58. The van der Waals surface area contributed by atoms with Crippen LogP contribution in [-0.4, -0.2) is 16.5 Å². The van der Waals surface area contributed by atoms with Gasteiger partial charge < -0.3 is 10.1 Å². The van der Waals surface area contributed by atoms with Crippen LogP contribution in [0, 0.1) is 0 Å².